The first-order valence-electron chi connectivity index (χ1n) is 16.0. The molecule has 0 bridgehead atoms. The van der Waals surface area contributed by atoms with Crippen molar-refractivity contribution in [3.63, 3.8) is 0 Å². The van der Waals surface area contributed by atoms with Crippen LogP contribution in [-0.2, 0) is 23.8 Å². The molecule has 13 nitrogen and oxygen atoms in total. The zero-order chi connectivity index (χ0) is 31.0. The number of methoxy groups -OCH3 is 1. The molecule has 3 saturated carbocycles. The minimum absolute atomic E-state index is 0.0318. The van der Waals surface area contributed by atoms with Crippen molar-refractivity contribution < 1.29 is 49.3 Å². The fourth-order valence-corrected chi connectivity index (χ4v) is 8.63. The van der Waals surface area contributed by atoms with Gasteiger partial charge in [0.1, 0.15) is 36.0 Å². The van der Waals surface area contributed by atoms with E-state index in [9.17, 15) is 35.1 Å². The number of fused-ring (bicyclic) bond motifs is 2. The monoisotopic (exact) mass is 613 g/mol. The maximum absolute atomic E-state index is 14.3. The highest BCUT2D eigenvalue weighted by atomic mass is 16.7. The van der Waals surface area contributed by atoms with Crippen LogP contribution < -0.4 is 16.4 Å². The van der Waals surface area contributed by atoms with Crippen LogP contribution in [0.4, 0.5) is 0 Å². The van der Waals surface area contributed by atoms with Crippen molar-refractivity contribution in [2.45, 2.75) is 100 Å². The van der Waals surface area contributed by atoms with Gasteiger partial charge in [-0.1, -0.05) is 0 Å². The molecule has 0 aromatic carbocycles. The molecule has 13 heteroatoms. The molecule has 43 heavy (non-hydrogen) atoms. The van der Waals surface area contributed by atoms with Crippen LogP contribution in [0.3, 0.4) is 0 Å². The van der Waals surface area contributed by atoms with E-state index in [1.165, 1.54) is 7.11 Å². The number of hydrogen-bond acceptors (Lipinski definition) is 13. The molecule has 5 rings (SSSR count). The van der Waals surface area contributed by atoms with Crippen LogP contribution >= 0.6 is 0 Å². The lowest BCUT2D eigenvalue weighted by atomic mass is 9.53. The second-order valence-electron chi connectivity index (χ2n) is 13.5. The van der Waals surface area contributed by atoms with Crippen molar-refractivity contribution in [3.05, 3.63) is 0 Å². The molecule has 0 amide bonds. The van der Waals surface area contributed by atoms with E-state index in [0.717, 1.165) is 32.2 Å². The molecular formula is C30H51N3O10. The third-order valence-corrected chi connectivity index (χ3v) is 11.1. The van der Waals surface area contributed by atoms with Crippen LogP contribution in [0.1, 0.15) is 44.9 Å². The van der Waals surface area contributed by atoms with Crippen LogP contribution in [0, 0.1) is 41.4 Å². The highest BCUT2D eigenvalue weighted by molar-refractivity contribution is 6.00. The van der Waals surface area contributed by atoms with Gasteiger partial charge in [-0.2, -0.15) is 0 Å². The van der Waals surface area contributed by atoms with Gasteiger partial charge in [0, 0.05) is 37.8 Å². The lowest BCUT2D eigenvalue weighted by Gasteiger charge is -2.53. The molecule has 5 aliphatic rings. The van der Waals surface area contributed by atoms with Gasteiger partial charge in [0.25, 0.3) is 0 Å². The van der Waals surface area contributed by atoms with E-state index in [2.05, 4.69) is 10.6 Å². The SMILES string of the molecule is CNCC1C(CCC2CCC(N)NC2)CC2C(=O)C3CC(OC)CC(O[C@H]4O[C@H](CO)[C@@H](O)[C@H](O)[C@H]4O)C3C(=O)C2C1O. The number of nitrogens with one attached hydrogen (secondary N) is 2. The second-order valence-corrected chi connectivity index (χ2v) is 13.5. The maximum atomic E-state index is 14.3. The van der Waals surface area contributed by atoms with E-state index in [1.807, 2.05) is 7.05 Å². The summed E-state index contributed by atoms with van der Waals surface area (Å²) < 4.78 is 17.3. The number of nitrogens with two attached hydrogens (primary N) is 1. The Balaban J connectivity index is 1.36. The molecule has 2 saturated heterocycles. The van der Waals surface area contributed by atoms with Gasteiger partial charge in [0.2, 0.25) is 0 Å². The van der Waals surface area contributed by atoms with Gasteiger partial charge in [-0.05, 0) is 64.0 Å². The summed E-state index contributed by atoms with van der Waals surface area (Å²) in [6.45, 7) is 0.762. The van der Waals surface area contributed by atoms with Gasteiger partial charge in [-0.15, -0.1) is 0 Å². The Kier molecular flexibility index (Phi) is 10.9. The third-order valence-electron chi connectivity index (χ3n) is 11.1. The van der Waals surface area contributed by atoms with E-state index in [1.54, 1.807) is 0 Å². The predicted molar refractivity (Wildman–Crippen MR) is 152 cm³/mol. The summed E-state index contributed by atoms with van der Waals surface area (Å²) in [5, 5.41) is 59.0. The van der Waals surface area contributed by atoms with Crippen molar-refractivity contribution in [1.29, 1.82) is 0 Å². The van der Waals surface area contributed by atoms with Gasteiger partial charge in [-0.25, -0.2) is 0 Å². The summed E-state index contributed by atoms with van der Waals surface area (Å²) in [4.78, 5) is 28.5. The standard InChI is InChI=1S/C30H51N3O10/c1-32-11-18-14(5-3-13-4-6-21(31)33-10-13)7-16-23(25(18)36)27(38)22-17(24(16)35)8-15(41-2)9-19(22)42-30-29(40)28(39)26(37)20(12-34)43-30/h13-23,25-26,28-30,32-34,36-37,39-40H,3-12,31H2,1-2H3/t13?,14?,15?,16?,17?,18?,19?,20-,21?,22?,23?,25?,26-,28+,29-,30+/m1/s1. The molecule has 9 N–H and O–H groups in total. The number of aliphatic hydroxyl groups is 5. The Morgan fingerprint density at radius 2 is 1.70 bits per heavy atom. The van der Waals surface area contributed by atoms with Gasteiger partial charge < -0.3 is 56.1 Å². The van der Waals surface area contributed by atoms with Crippen LogP contribution in [0.5, 0.6) is 0 Å². The van der Waals surface area contributed by atoms with Crippen molar-refractivity contribution in [1.82, 2.24) is 10.6 Å². The molecule has 0 spiro atoms. The lowest BCUT2D eigenvalue weighted by molar-refractivity contribution is -0.319. The van der Waals surface area contributed by atoms with E-state index in [0.29, 0.717) is 25.3 Å². The van der Waals surface area contributed by atoms with E-state index >= 15 is 0 Å². The van der Waals surface area contributed by atoms with E-state index in [4.69, 9.17) is 19.9 Å². The molecule has 3 aliphatic carbocycles. The summed E-state index contributed by atoms with van der Waals surface area (Å²) in [6.07, 6.45) is -4.81. The molecule has 2 heterocycles. The van der Waals surface area contributed by atoms with Crippen LogP contribution in [-0.4, -0.2) is 126 Å². The highest BCUT2D eigenvalue weighted by Gasteiger charge is 2.61. The first kappa shape index (κ1) is 33.3. The third kappa shape index (κ3) is 6.59. The Labute approximate surface area is 252 Å². The number of piperidine rings is 1. The van der Waals surface area contributed by atoms with E-state index < -0.39 is 79.3 Å². The van der Waals surface area contributed by atoms with Crippen molar-refractivity contribution in [2.24, 2.45) is 47.2 Å². The van der Waals surface area contributed by atoms with Crippen molar-refractivity contribution in [2.75, 3.05) is 33.9 Å². The number of rotatable bonds is 9. The number of aliphatic hydroxyl groups excluding tert-OH is 5. The molecule has 0 radical (unpaired) electrons. The topological polar surface area (TPSA) is 213 Å². The number of Topliss-reactive ketones (excluding diaryl/α,β-unsaturated/α-hetero) is 2. The summed E-state index contributed by atoms with van der Waals surface area (Å²) in [5.41, 5.74) is 5.99. The summed E-state index contributed by atoms with van der Waals surface area (Å²) in [7, 11) is 3.35. The quantitative estimate of drug-likeness (QED) is 0.140. The number of hydrogen-bond donors (Lipinski definition) is 8. The van der Waals surface area contributed by atoms with Gasteiger partial charge in [0.05, 0.1) is 42.9 Å². The summed E-state index contributed by atoms with van der Waals surface area (Å²) >= 11 is 0. The first-order valence-corrected chi connectivity index (χ1v) is 16.0. The largest absolute Gasteiger partial charge is 0.394 e. The molecule has 0 aromatic rings. The number of carbonyl (C=O) groups is 2. The fraction of sp³-hybridized carbons (Fsp3) is 0.933. The molecule has 246 valence electrons. The molecule has 16 atom stereocenters. The zero-order valence-electron chi connectivity index (χ0n) is 25.2. The summed E-state index contributed by atoms with van der Waals surface area (Å²) in [6, 6.07) is 0. The maximum Gasteiger partial charge on any atom is 0.186 e. The molecule has 0 aromatic heterocycles. The Bertz CT molecular complexity index is 964. The Morgan fingerprint density at radius 1 is 0.953 bits per heavy atom. The zero-order valence-corrected chi connectivity index (χ0v) is 25.2. The van der Waals surface area contributed by atoms with Gasteiger partial charge in [0.15, 0.2) is 6.29 Å². The van der Waals surface area contributed by atoms with Crippen molar-refractivity contribution in [3.8, 4) is 0 Å². The van der Waals surface area contributed by atoms with Crippen LogP contribution in [0.15, 0.2) is 0 Å². The normalized spacial score (nSPS) is 48.9. The Morgan fingerprint density at radius 3 is 2.35 bits per heavy atom. The molecule has 5 fully saturated rings. The molecule has 11 unspecified atom stereocenters. The second kappa shape index (κ2) is 14.1. The minimum Gasteiger partial charge on any atom is -0.394 e. The highest BCUT2D eigenvalue weighted by Crippen LogP contribution is 2.51. The fourth-order valence-electron chi connectivity index (χ4n) is 8.63. The number of carbonyl (C=O) groups excluding carboxylic acids is 2. The van der Waals surface area contributed by atoms with E-state index in [-0.39, 0.29) is 36.0 Å². The number of ketones is 2. The predicted octanol–water partition coefficient (Wildman–Crippen LogP) is -2.12. The van der Waals surface area contributed by atoms with Gasteiger partial charge in [-0.3, -0.25) is 9.59 Å². The van der Waals surface area contributed by atoms with Crippen LogP contribution in [0.25, 0.3) is 0 Å². The molecule has 2 aliphatic heterocycles. The first-order chi connectivity index (χ1) is 20.6. The smallest absolute Gasteiger partial charge is 0.186 e. The minimum atomic E-state index is -1.64. The Hall–Kier alpha value is -1.10. The average Bonchev–Trinajstić information content (AvgIpc) is 3.00. The lowest BCUT2D eigenvalue weighted by Crippen LogP contribution is -2.64. The van der Waals surface area contributed by atoms with Crippen LogP contribution in [0.2, 0.25) is 0 Å². The van der Waals surface area contributed by atoms with Gasteiger partial charge >= 0.3 is 0 Å². The average molecular weight is 614 g/mol. The van der Waals surface area contributed by atoms with Crippen molar-refractivity contribution >= 4 is 11.6 Å². The number of ether oxygens (including phenoxy) is 3. The summed E-state index contributed by atoms with van der Waals surface area (Å²) in [5.74, 6) is -2.94. The molecular weight excluding hydrogens is 562 g/mol.